The Morgan fingerprint density at radius 3 is 0.658 bits per heavy atom. The maximum atomic E-state index is 12.9. The molecule has 0 bridgehead atoms. The Bertz CT molecular complexity index is 1180. The van der Waals surface area contributed by atoms with E-state index in [1.54, 1.807) is 0 Å². The van der Waals surface area contributed by atoms with Crippen LogP contribution in [0.1, 0.15) is 400 Å². The third-order valence-electron chi connectivity index (χ3n) is 16.0. The number of hydrogen-bond acceptors (Lipinski definition) is 6. The first-order valence-electron chi connectivity index (χ1n) is 34.7. The Kier molecular flexibility index (Phi) is 64.1. The van der Waals surface area contributed by atoms with Crippen molar-refractivity contribution >= 4 is 17.9 Å². The molecule has 0 amide bonds. The lowest BCUT2D eigenvalue weighted by atomic mass is 10.0. The zero-order valence-electron chi connectivity index (χ0n) is 51.8. The molecule has 0 aromatic rings. The molecule has 0 aromatic heterocycles. The second-order valence-electron chi connectivity index (χ2n) is 23.8. The quantitative estimate of drug-likeness (QED) is 0.0261. The lowest BCUT2D eigenvalue weighted by Crippen LogP contribution is -2.30. The fourth-order valence-corrected chi connectivity index (χ4v) is 10.8. The molecule has 0 heterocycles. The number of esters is 3. The molecule has 1 atom stereocenters. The molecule has 450 valence electrons. The van der Waals surface area contributed by atoms with Gasteiger partial charge in [-0.05, 0) is 44.9 Å². The molecule has 1 unspecified atom stereocenters. The first kappa shape index (κ1) is 74.2. The second kappa shape index (κ2) is 65.7. The molecular formula is C70H134O6. The average molecular weight is 1070 g/mol. The summed E-state index contributed by atoms with van der Waals surface area (Å²) in [5.74, 6) is -0.827. The number of allylic oxidation sites excluding steroid dienone is 2. The van der Waals surface area contributed by atoms with Crippen molar-refractivity contribution in [3.63, 3.8) is 0 Å². The maximum Gasteiger partial charge on any atom is 0.306 e. The normalized spacial score (nSPS) is 12.0. The maximum absolute atomic E-state index is 12.9. The molecule has 6 nitrogen and oxygen atoms in total. The van der Waals surface area contributed by atoms with Crippen LogP contribution < -0.4 is 0 Å². The van der Waals surface area contributed by atoms with E-state index in [9.17, 15) is 14.4 Å². The van der Waals surface area contributed by atoms with Gasteiger partial charge in [-0.25, -0.2) is 0 Å². The van der Waals surface area contributed by atoms with Crippen LogP contribution >= 0.6 is 0 Å². The fraction of sp³-hybridized carbons (Fsp3) is 0.929. The summed E-state index contributed by atoms with van der Waals surface area (Å²) < 4.78 is 17.0. The summed E-state index contributed by atoms with van der Waals surface area (Å²) in [6.45, 7) is 6.73. The highest BCUT2D eigenvalue weighted by Gasteiger charge is 2.19. The third-order valence-corrected chi connectivity index (χ3v) is 16.0. The zero-order chi connectivity index (χ0) is 55.0. The van der Waals surface area contributed by atoms with Crippen molar-refractivity contribution in [2.75, 3.05) is 13.2 Å². The lowest BCUT2D eigenvalue weighted by Gasteiger charge is -2.18. The number of unbranched alkanes of at least 4 members (excludes halogenated alkanes) is 52. The predicted octanol–water partition coefficient (Wildman–Crippen LogP) is 23.6. The van der Waals surface area contributed by atoms with Gasteiger partial charge < -0.3 is 14.2 Å². The predicted molar refractivity (Wildman–Crippen MR) is 330 cm³/mol. The van der Waals surface area contributed by atoms with E-state index in [0.29, 0.717) is 19.3 Å². The molecule has 0 fully saturated rings. The summed E-state index contributed by atoms with van der Waals surface area (Å²) >= 11 is 0. The van der Waals surface area contributed by atoms with Crippen LogP contribution in [-0.4, -0.2) is 37.2 Å². The summed E-state index contributed by atoms with van der Waals surface area (Å²) in [5.41, 5.74) is 0. The molecule has 0 N–H and O–H groups in total. The molecule has 0 radical (unpaired) electrons. The Labute approximate surface area is 475 Å². The molecule has 0 saturated carbocycles. The molecule has 0 spiro atoms. The average Bonchev–Trinajstić information content (AvgIpc) is 3.42. The number of rotatable bonds is 65. The lowest BCUT2D eigenvalue weighted by molar-refractivity contribution is -0.167. The van der Waals surface area contributed by atoms with Crippen molar-refractivity contribution in [1.29, 1.82) is 0 Å². The van der Waals surface area contributed by atoms with E-state index in [4.69, 9.17) is 14.2 Å². The van der Waals surface area contributed by atoms with Gasteiger partial charge in [-0.3, -0.25) is 14.4 Å². The van der Waals surface area contributed by atoms with Crippen LogP contribution in [0.4, 0.5) is 0 Å². The monoisotopic (exact) mass is 1070 g/mol. The Hall–Kier alpha value is -1.85. The van der Waals surface area contributed by atoms with Gasteiger partial charge in [-0.15, -0.1) is 0 Å². The Balaban J connectivity index is 4.27. The minimum atomic E-state index is -0.766. The van der Waals surface area contributed by atoms with Crippen molar-refractivity contribution in [2.24, 2.45) is 0 Å². The van der Waals surface area contributed by atoms with Crippen molar-refractivity contribution in [3.05, 3.63) is 12.2 Å². The summed E-state index contributed by atoms with van der Waals surface area (Å²) in [4.78, 5) is 38.4. The van der Waals surface area contributed by atoms with Crippen LogP contribution in [0.25, 0.3) is 0 Å². The van der Waals surface area contributed by atoms with Gasteiger partial charge in [-0.1, -0.05) is 348 Å². The van der Waals surface area contributed by atoms with Crippen molar-refractivity contribution in [2.45, 2.75) is 406 Å². The minimum Gasteiger partial charge on any atom is -0.462 e. The molecule has 76 heavy (non-hydrogen) atoms. The Morgan fingerprint density at radius 2 is 0.434 bits per heavy atom. The molecule has 6 heteroatoms. The summed E-state index contributed by atoms with van der Waals surface area (Å²) in [6, 6.07) is 0. The number of carbonyl (C=O) groups is 3. The van der Waals surface area contributed by atoms with E-state index in [-0.39, 0.29) is 31.1 Å². The molecule has 0 rings (SSSR count). The van der Waals surface area contributed by atoms with Gasteiger partial charge in [0.05, 0.1) is 0 Å². The summed E-state index contributed by atoms with van der Waals surface area (Å²) in [6.07, 6.45) is 78.0. The highest BCUT2D eigenvalue weighted by atomic mass is 16.6. The van der Waals surface area contributed by atoms with Gasteiger partial charge in [0.25, 0.3) is 0 Å². The smallest absolute Gasteiger partial charge is 0.306 e. The molecule has 0 aliphatic rings. The third kappa shape index (κ3) is 63.0. The number of hydrogen-bond donors (Lipinski definition) is 0. The fourth-order valence-electron chi connectivity index (χ4n) is 10.8. The molecule has 0 aliphatic carbocycles. The van der Waals surface area contributed by atoms with Crippen molar-refractivity contribution in [1.82, 2.24) is 0 Å². The molecular weight excluding hydrogens is 937 g/mol. The van der Waals surface area contributed by atoms with Crippen LogP contribution in [0.15, 0.2) is 12.2 Å². The van der Waals surface area contributed by atoms with Crippen LogP contribution in [0.2, 0.25) is 0 Å². The SMILES string of the molecule is CCCCCCCCCC/C=C\CCCCCCCCCCCCCC(=O)OCC(COC(=O)CCCCCCCCCCCCCCCCCCC)OC(=O)CCCCCCCCCCCCCCCCCCCC. The first-order valence-corrected chi connectivity index (χ1v) is 34.7. The van der Waals surface area contributed by atoms with Gasteiger partial charge in [-0.2, -0.15) is 0 Å². The van der Waals surface area contributed by atoms with Gasteiger partial charge in [0.1, 0.15) is 13.2 Å². The topological polar surface area (TPSA) is 78.9 Å². The van der Waals surface area contributed by atoms with Gasteiger partial charge in [0.15, 0.2) is 6.10 Å². The Morgan fingerprint density at radius 1 is 0.250 bits per heavy atom. The van der Waals surface area contributed by atoms with Crippen LogP contribution in [0.5, 0.6) is 0 Å². The molecule has 0 aromatic carbocycles. The number of carbonyl (C=O) groups excluding carboxylic acids is 3. The van der Waals surface area contributed by atoms with Crippen LogP contribution in [-0.2, 0) is 28.6 Å². The van der Waals surface area contributed by atoms with Crippen molar-refractivity contribution < 1.29 is 28.6 Å². The van der Waals surface area contributed by atoms with Crippen LogP contribution in [0, 0.1) is 0 Å². The summed E-state index contributed by atoms with van der Waals surface area (Å²) in [5, 5.41) is 0. The van der Waals surface area contributed by atoms with Gasteiger partial charge in [0, 0.05) is 19.3 Å². The van der Waals surface area contributed by atoms with Crippen LogP contribution in [0.3, 0.4) is 0 Å². The van der Waals surface area contributed by atoms with Gasteiger partial charge in [0.2, 0.25) is 0 Å². The van der Waals surface area contributed by atoms with E-state index < -0.39 is 6.10 Å². The van der Waals surface area contributed by atoms with E-state index in [2.05, 4.69) is 32.9 Å². The second-order valence-corrected chi connectivity index (χ2v) is 23.8. The van der Waals surface area contributed by atoms with Gasteiger partial charge >= 0.3 is 17.9 Å². The number of ether oxygens (including phenoxy) is 3. The first-order chi connectivity index (χ1) is 37.5. The standard InChI is InChI=1S/C70H134O6/c1-4-7-10-13-16-19-22-25-28-31-33-34-35-36-37-40-42-45-48-51-54-57-60-63-69(72)75-66-67(65-74-68(71)62-59-56-53-50-47-44-41-38-30-27-24-21-18-15-12-9-6-3)76-70(73)64-61-58-55-52-49-46-43-39-32-29-26-23-20-17-14-11-8-5-2/h31,33,67H,4-30,32,34-66H2,1-3H3/b33-31-. The molecule has 0 saturated heterocycles. The zero-order valence-corrected chi connectivity index (χ0v) is 51.8. The van der Waals surface area contributed by atoms with Crippen molar-refractivity contribution in [3.8, 4) is 0 Å². The van der Waals surface area contributed by atoms with E-state index in [1.807, 2.05) is 0 Å². The largest absolute Gasteiger partial charge is 0.462 e. The van der Waals surface area contributed by atoms with E-state index in [0.717, 1.165) is 57.8 Å². The van der Waals surface area contributed by atoms with E-state index >= 15 is 0 Å². The minimum absolute atomic E-state index is 0.0628. The highest BCUT2D eigenvalue weighted by Crippen LogP contribution is 2.19. The highest BCUT2D eigenvalue weighted by molar-refractivity contribution is 5.71. The molecule has 0 aliphatic heterocycles. The van der Waals surface area contributed by atoms with E-state index in [1.165, 1.54) is 302 Å². The summed E-state index contributed by atoms with van der Waals surface area (Å²) in [7, 11) is 0.